The zero-order valence-electron chi connectivity index (χ0n) is 12.1. The topological polar surface area (TPSA) is 57.1 Å². The van der Waals surface area contributed by atoms with Crippen LogP contribution in [0.4, 0.5) is 0 Å². The summed E-state index contributed by atoms with van der Waals surface area (Å²) in [7, 11) is 0. The average molecular weight is 297 g/mol. The molecule has 0 aromatic heterocycles. The number of nitrogens with zero attached hydrogens (tertiary/aromatic N) is 2. The molecule has 5 nitrogen and oxygen atoms in total. The molecule has 0 fully saturated rings. The Labute approximate surface area is 129 Å². The third kappa shape index (κ3) is 3.69. The quantitative estimate of drug-likeness (QED) is 0.616. The van der Waals surface area contributed by atoms with E-state index in [1.807, 2.05) is 59.8 Å². The molecule has 0 saturated heterocycles. The predicted octanol–water partition coefficient (Wildman–Crippen LogP) is 1.96. The van der Waals surface area contributed by atoms with E-state index in [1.54, 1.807) is 0 Å². The molecule has 0 bridgehead atoms. The molecule has 0 N–H and O–H groups in total. The largest absolute Gasteiger partial charge is 0.862 e. The molecule has 0 radical (unpaired) electrons. The maximum Gasteiger partial charge on any atom is 0.231 e. The standard InChI is InChI=1S/C17H18N2O3/c20-17(7-10-19-8-3-1-2-4-9-19)18-12-14-5-6-15-16(11-14)22-13-21-15/h1-6,8-9,11H,7,10,12-13H2,(H,18,20)/p-1. The van der Waals surface area contributed by atoms with Gasteiger partial charge in [-0.25, -0.2) is 0 Å². The fourth-order valence-corrected chi connectivity index (χ4v) is 2.17. The lowest BCUT2D eigenvalue weighted by molar-refractivity contribution is -0.219. The summed E-state index contributed by atoms with van der Waals surface area (Å²) in [6, 6.07) is 5.61. The summed E-state index contributed by atoms with van der Waals surface area (Å²) in [5.74, 6) is 1.35. The maximum absolute atomic E-state index is 11.9. The lowest BCUT2D eigenvalue weighted by Gasteiger charge is -2.17. The van der Waals surface area contributed by atoms with E-state index < -0.39 is 0 Å². The monoisotopic (exact) mass is 297 g/mol. The minimum atomic E-state index is -0.100. The zero-order valence-corrected chi connectivity index (χ0v) is 12.1. The minimum absolute atomic E-state index is 0.100. The minimum Gasteiger partial charge on any atom is -0.862 e. The zero-order chi connectivity index (χ0) is 15.2. The Morgan fingerprint density at radius 2 is 1.86 bits per heavy atom. The number of ether oxygens (including phenoxy) is 2. The lowest BCUT2D eigenvalue weighted by atomic mass is 10.2. The van der Waals surface area contributed by atoms with Crippen molar-refractivity contribution in [3.05, 3.63) is 60.5 Å². The highest BCUT2D eigenvalue weighted by molar-refractivity contribution is 5.71. The van der Waals surface area contributed by atoms with E-state index in [9.17, 15) is 5.11 Å². The lowest BCUT2D eigenvalue weighted by Crippen LogP contribution is -2.23. The Hall–Kier alpha value is -2.69. The molecule has 0 amide bonds. The van der Waals surface area contributed by atoms with Gasteiger partial charge in [0, 0.05) is 18.9 Å². The molecule has 114 valence electrons. The van der Waals surface area contributed by atoms with Gasteiger partial charge in [-0.15, -0.1) is 0 Å². The molecule has 1 aromatic carbocycles. The fourth-order valence-electron chi connectivity index (χ4n) is 2.17. The van der Waals surface area contributed by atoms with Crippen LogP contribution in [0.3, 0.4) is 0 Å². The molecular weight excluding hydrogens is 280 g/mol. The van der Waals surface area contributed by atoms with E-state index in [2.05, 4.69) is 4.99 Å². The number of benzene rings is 1. The summed E-state index contributed by atoms with van der Waals surface area (Å²) < 4.78 is 10.6. The smallest absolute Gasteiger partial charge is 0.231 e. The van der Waals surface area contributed by atoms with Crippen molar-refractivity contribution in [3.8, 4) is 11.5 Å². The highest BCUT2D eigenvalue weighted by atomic mass is 16.7. The van der Waals surface area contributed by atoms with Gasteiger partial charge in [0.1, 0.15) is 0 Å². The molecule has 5 heteroatoms. The van der Waals surface area contributed by atoms with Crippen molar-refractivity contribution in [1.29, 1.82) is 0 Å². The van der Waals surface area contributed by atoms with Crippen molar-refractivity contribution >= 4 is 5.90 Å². The van der Waals surface area contributed by atoms with E-state index in [0.29, 0.717) is 25.3 Å². The molecule has 2 heterocycles. The highest BCUT2D eigenvalue weighted by Crippen LogP contribution is 2.32. The summed E-state index contributed by atoms with van der Waals surface area (Å²) in [6.45, 7) is 1.24. The third-order valence-electron chi connectivity index (χ3n) is 3.35. The van der Waals surface area contributed by atoms with Crippen LogP contribution in [-0.4, -0.2) is 24.1 Å². The summed E-state index contributed by atoms with van der Waals surface area (Å²) >= 11 is 0. The van der Waals surface area contributed by atoms with Crippen LogP contribution in [0.2, 0.25) is 0 Å². The molecule has 1 aromatic rings. The SMILES string of the molecule is [O-]C(CCN1C=CC=CC=C1)=NCc1ccc2c(c1)OCO2. The summed E-state index contributed by atoms with van der Waals surface area (Å²) in [5, 5.41) is 11.9. The second-order valence-electron chi connectivity index (χ2n) is 4.95. The van der Waals surface area contributed by atoms with Gasteiger partial charge in [0.25, 0.3) is 0 Å². The van der Waals surface area contributed by atoms with Gasteiger partial charge < -0.3 is 24.5 Å². The van der Waals surface area contributed by atoms with Crippen LogP contribution in [-0.2, 0) is 6.54 Å². The van der Waals surface area contributed by atoms with Crippen LogP contribution in [0.1, 0.15) is 12.0 Å². The first-order chi connectivity index (χ1) is 10.8. The maximum atomic E-state index is 11.9. The van der Waals surface area contributed by atoms with Crippen molar-refractivity contribution in [2.45, 2.75) is 13.0 Å². The molecular formula is C17H17N2O3-. The fraction of sp³-hybridized carbons (Fsp3) is 0.235. The molecule has 0 aliphatic carbocycles. The van der Waals surface area contributed by atoms with E-state index in [-0.39, 0.29) is 12.7 Å². The molecule has 0 saturated carbocycles. The molecule has 2 aliphatic heterocycles. The van der Waals surface area contributed by atoms with Crippen molar-refractivity contribution < 1.29 is 14.6 Å². The van der Waals surface area contributed by atoms with Crippen molar-refractivity contribution in [1.82, 2.24) is 4.90 Å². The summed E-state index contributed by atoms with van der Waals surface area (Å²) in [6.07, 6.45) is 12.0. The van der Waals surface area contributed by atoms with E-state index in [4.69, 9.17) is 9.47 Å². The van der Waals surface area contributed by atoms with Crippen LogP contribution < -0.4 is 14.6 Å². The number of fused-ring (bicyclic) bond motifs is 1. The van der Waals surface area contributed by atoms with Gasteiger partial charge in [0.15, 0.2) is 11.5 Å². The Morgan fingerprint density at radius 1 is 1.09 bits per heavy atom. The van der Waals surface area contributed by atoms with Gasteiger partial charge >= 0.3 is 0 Å². The number of allylic oxidation sites excluding steroid dienone is 4. The van der Waals surface area contributed by atoms with E-state index in [1.165, 1.54) is 0 Å². The van der Waals surface area contributed by atoms with Crippen molar-refractivity contribution in [2.75, 3.05) is 13.3 Å². The second-order valence-corrected chi connectivity index (χ2v) is 4.95. The van der Waals surface area contributed by atoms with Gasteiger partial charge in [-0.1, -0.05) is 18.2 Å². The van der Waals surface area contributed by atoms with Gasteiger partial charge in [-0.2, -0.15) is 0 Å². The van der Waals surface area contributed by atoms with E-state index in [0.717, 1.165) is 11.3 Å². The Morgan fingerprint density at radius 3 is 2.68 bits per heavy atom. The van der Waals surface area contributed by atoms with E-state index >= 15 is 0 Å². The average Bonchev–Trinajstić information content (AvgIpc) is 2.84. The number of hydrogen-bond donors (Lipinski definition) is 0. The Bertz CT molecular complexity index is 631. The highest BCUT2D eigenvalue weighted by Gasteiger charge is 2.12. The van der Waals surface area contributed by atoms with Crippen molar-refractivity contribution in [2.24, 2.45) is 4.99 Å². The van der Waals surface area contributed by atoms with Crippen LogP contribution in [0.15, 0.2) is 59.9 Å². The number of hydrogen-bond acceptors (Lipinski definition) is 5. The van der Waals surface area contributed by atoms with Crippen molar-refractivity contribution in [3.63, 3.8) is 0 Å². The molecule has 0 atom stereocenters. The van der Waals surface area contributed by atoms with Crippen LogP contribution in [0.5, 0.6) is 11.5 Å². The molecule has 3 rings (SSSR count). The van der Waals surface area contributed by atoms with Gasteiger partial charge in [-0.3, -0.25) is 0 Å². The third-order valence-corrected chi connectivity index (χ3v) is 3.35. The first-order valence-electron chi connectivity index (χ1n) is 7.17. The molecule has 0 unspecified atom stereocenters. The molecule has 0 spiro atoms. The van der Waals surface area contributed by atoms with Gasteiger partial charge in [-0.05, 0) is 42.2 Å². The van der Waals surface area contributed by atoms with Crippen LogP contribution in [0.25, 0.3) is 0 Å². The predicted molar refractivity (Wildman–Crippen MR) is 82.4 cm³/mol. The number of rotatable bonds is 5. The molecule has 2 aliphatic rings. The summed E-state index contributed by atoms with van der Waals surface area (Å²) in [5.41, 5.74) is 0.941. The van der Waals surface area contributed by atoms with Crippen LogP contribution in [0, 0.1) is 0 Å². The van der Waals surface area contributed by atoms with Gasteiger partial charge in [0.05, 0.1) is 6.54 Å². The Kier molecular flexibility index (Phi) is 4.44. The Balaban J connectivity index is 1.52. The second kappa shape index (κ2) is 6.85. The van der Waals surface area contributed by atoms with Crippen LogP contribution >= 0.6 is 0 Å². The first kappa shape index (κ1) is 14.3. The molecule has 22 heavy (non-hydrogen) atoms. The normalized spacial score (nSPS) is 16.2. The number of aliphatic imine (C=N–C) groups is 1. The summed E-state index contributed by atoms with van der Waals surface area (Å²) in [4.78, 5) is 6.07. The van der Waals surface area contributed by atoms with Gasteiger partial charge in [0.2, 0.25) is 6.79 Å². The first-order valence-corrected chi connectivity index (χ1v) is 7.17.